The van der Waals surface area contributed by atoms with E-state index >= 15 is 0 Å². The molecule has 0 aliphatic carbocycles. The van der Waals surface area contributed by atoms with Gasteiger partial charge in [-0.3, -0.25) is 4.79 Å². The highest BCUT2D eigenvalue weighted by atomic mass is 16.6. The van der Waals surface area contributed by atoms with Gasteiger partial charge in [-0.15, -0.1) is 10.2 Å². The zero-order chi connectivity index (χ0) is 16.4. The molecule has 1 amide bonds. The highest BCUT2D eigenvalue weighted by Gasteiger charge is 2.27. The molecular weight excluding hydrogens is 306 g/mol. The van der Waals surface area contributed by atoms with Crippen molar-refractivity contribution in [1.29, 1.82) is 0 Å². The van der Waals surface area contributed by atoms with Gasteiger partial charge in [0.15, 0.2) is 11.9 Å². The van der Waals surface area contributed by atoms with E-state index in [1.807, 2.05) is 30.3 Å². The molecule has 2 aliphatic heterocycles. The van der Waals surface area contributed by atoms with Gasteiger partial charge >= 0.3 is 0 Å². The first-order valence-electron chi connectivity index (χ1n) is 8.28. The minimum Gasteiger partial charge on any atom is -0.387 e. The lowest BCUT2D eigenvalue weighted by molar-refractivity contribution is -0.115. The quantitative estimate of drug-likeness (QED) is 0.928. The van der Waals surface area contributed by atoms with E-state index in [0.717, 1.165) is 43.0 Å². The second-order valence-corrected chi connectivity index (χ2v) is 6.07. The number of carbonyl (C=O) groups excluding carboxylic acids is 1. The van der Waals surface area contributed by atoms with Crippen molar-refractivity contribution in [1.82, 2.24) is 20.1 Å². The predicted molar refractivity (Wildman–Crippen MR) is 87.1 cm³/mol. The molecular formula is C17H19N5O2. The Kier molecular flexibility index (Phi) is 3.98. The van der Waals surface area contributed by atoms with E-state index in [0.29, 0.717) is 18.7 Å². The van der Waals surface area contributed by atoms with Gasteiger partial charge in [-0.05, 0) is 18.4 Å². The average molecular weight is 325 g/mol. The largest absolute Gasteiger partial charge is 0.387 e. The molecule has 4 rings (SSSR count). The summed E-state index contributed by atoms with van der Waals surface area (Å²) in [4.78, 5) is 17.7. The number of nitrogens with one attached hydrogen (secondary N) is 1. The van der Waals surface area contributed by atoms with Gasteiger partial charge in [-0.1, -0.05) is 35.5 Å². The van der Waals surface area contributed by atoms with Crippen LogP contribution < -0.4 is 5.32 Å². The fraction of sp³-hybridized carbons (Fsp3) is 0.412. The molecule has 1 N–H and O–H groups in total. The number of rotatable bonds is 4. The molecule has 0 radical (unpaired) electrons. The van der Waals surface area contributed by atoms with Crippen LogP contribution in [0.5, 0.6) is 0 Å². The molecule has 7 heteroatoms. The van der Waals surface area contributed by atoms with Crippen LogP contribution in [0.4, 0.5) is 0 Å². The molecule has 0 bridgehead atoms. The van der Waals surface area contributed by atoms with E-state index in [1.54, 1.807) is 0 Å². The Bertz CT molecular complexity index is 769. The lowest BCUT2D eigenvalue weighted by Crippen LogP contribution is -2.31. The molecule has 1 aromatic carbocycles. The maximum Gasteiger partial charge on any atom is 0.269 e. The predicted octanol–water partition coefficient (Wildman–Crippen LogP) is 1.75. The number of oxime groups is 1. The Labute approximate surface area is 139 Å². The lowest BCUT2D eigenvalue weighted by Gasteiger charge is -2.14. The Hall–Kier alpha value is -2.70. The molecule has 0 unspecified atom stereocenters. The summed E-state index contributed by atoms with van der Waals surface area (Å²) in [5.41, 5.74) is 1.44. The maximum atomic E-state index is 12.3. The Morgan fingerprint density at radius 3 is 3.00 bits per heavy atom. The van der Waals surface area contributed by atoms with Crippen LogP contribution in [0.15, 0.2) is 35.5 Å². The normalized spacial score (nSPS) is 19.3. The highest BCUT2D eigenvalue weighted by molar-refractivity contribution is 6.39. The van der Waals surface area contributed by atoms with E-state index in [4.69, 9.17) is 4.84 Å². The number of carbonyl (C=O) groups is 1. The van der Waals surface area contributed by atoms with Gasteiger partial charge in [-0.25, -0.2) is 0 Å². The van der Waals surface area contributed by atoms with Crippen molar-refractivity contribution in [3.8, 4) is 0 Å². The number of aromatic nitrogens is 3. The van der Waals surface area contributed by atoms with E-state index in [1.165, 1.54) is 0 Å². The fourth-order valence-corrected chi connectivity index (χ4v) is 3.12. The number of aryl methyl sites for hydroxylation is 1. The highest BCUT2D eigenvalue weighted by Crippen LogP contribution is 2.26. The molecule has 2 aliphatic rings. The summed E-state index contributed by atoms with van der Waals surface area (Å²) in [7, 11) is 0. The summed E-state index contributed by atoms with van der Waals surface area (Å²) >= 11 is 0. The standard InChI is InChI=1S/C17H19N5O2/c23-17(13-10-14(24-21-13)12-6-2-1-3-7-12)18-11-16-20-19-15-8-4-5-9-22(15)16/h1-3,6-7,14H,4-5,8-11H2,(H,18,23)/t14-/m0/s1. The van der Waals surface area contributed by atoms with Crippen molar-refractivity contribution in [3.05, 3.63) is 47.5 Å². The summed E-state index contributed by atoms with van der Waals surface area (Å²) in [6.07, 6.45) is 3.53. The Morgan fingerprint density at radius 1 is 1.25 bits per heavy atom. The van der Waals surface area contributed by atoms with Crippen molar-refractivity contribution >= 4 is 11.6 Å². The number of fused-ring (bicyclic) bond motifs is 1. The summed E-state index contributed by atoms with van der Waals surface area (Å²) in [6.45, 7) is 1.29. The zero-order valence-electron chi connectivity index (χ0n) is 13.3. The Morgan fingerprint density at radius 2 is 2.12 bits per heavy atom. The van der Waals surface area contributed by atoms with Crippen LogP contribution in [-0.4, -0.2) is 26.4 Å². The van der Waals surface area contributed by atoms with Crippen molar-refractivity contribution in [3.63, 3.8) is 0 Å². The third kappa shape index (κ3) is 2.89. The monoisotopic (exact) mass is 325 g/mol. The molecule has 7 nitrogen and oxygen atoms in total. The smallest absolute Gasteiger partial charge is 0.269 e. The first kappa shape index (κ1) is 14.9. The number of amides is 1. The van der Waals surface area contributed by atoms with Gasteiger partial charge in [0.1, 0.15) is 11.5 Å². The molecule has 0 saturated carbocycles. The van der Waals surface area contributed by atoms with Crippen LogP contribution in [0.2, 0.25) is 0 Å². The molecule has 0 saturated heterocycles. The number of hydrogen-bond acceptors (Lipinski definition) is 5. The molecule has 24 heavy (non-hydrogen) atoms. The zero-order valence-corrected chi connectivity index (χ0v) is 13.3. The van der Waals surface area contributed by atoms with Crippen molar-refractivity contribution in [2.45, 2.75) is 44.9 Å². The van der Waals surface area contributed by atoms with Crippen LogP contribution in [0.1, 0.15) is 42.6 Å². The average Bonchev–Trinajstić information content (AvgIpc) is 3.28. The van der Waals surface area contributed by atoms with Gasteiger partial charge < -0.3 is 14.7 Å². The van der Waals surface area contributed by atoms with E-state index in [9.17, 15) is 4.79 Å². The SMILES string of the molecule is O=C(NCc1nnc2n1CCCC2)C1=NO[C@H](c2ccccc2)C1. The fourth-order valence-electron chi connectivity index (χ4n) is 3.12. The molecule has 2 aromatic rings. The van der Waals surface area contributed by atoms with Gasteiger partial charge in [0.2, 0.25) is 0 Å². The number of nitrogens with zero attached hydrogens (tertiary/aromatic N) is 4. The van der Waals surface area contributed by atoms with E-state index in [-0.39, 0.29) is 12.0 Å². The first-order valence-corrected chi connectivity index (χ1v) is 8.28. The van der Waals surface area contributed by atoms with Crippen molar-refractivity contribution in [2.75, 3.05) is 0 Å². The van der Waals surface area contributed by atoms with Gasteiger partial charge in [0.25, 0.3) is 5.91 Å². The lowest BCUT2D eigenvalue weighted by atomic mass is 10.0. The number of hydrogen-bond donors (Lipinski definition) is 1. The van der Waals surface area contributed by atoms with E-state index < -0.39 is 0 Å². The molecule has 0 spiro atoms. The molecule has 3 heterocycles. The second kappa shape index (κ2) is 6.43. The van der Waals surface area contributed by atoms with Crippen LogP contribution >= 0.6 is 0 Å². The van der Waals surface area contributed by atoms with Crippen LogP contribution in [0.3, 0.4) is 0 Å². The Balaban J connectivity index is 1.35. The second-order valence-electron chi connectivity index (χ2n) is 6.07. The minimum absolute atomic E-state index is 0.187. The molecule has 1 atom stereocenters. The van der Waals surface area contributed by atoms with Crippen LogP contribution in [-0.2, 0) is 29.1 Å². The van der Waals surface area contributed by atoms with Gasteiger partial charge in [0, 0.05) is 19.4 Å². The molecule has 0 fully saturated rings. The van der Waals surface area contributed by atoms with E-state index in [2.05, 4.69) is 25.2 Å². The molecule has 124 valence electrons. The third-order valence-corrected chi connectivity index (χ3v) is 4.45. The van der Waals surface area contributed by atoms with Gasteiger partial charge in [0.05, 0.1) is 6.54 Å². The van der Waals surface area contributed by atoms with Crippen molar-refractivity contribution in [2.24, 2.45) is 5.16 Å². The topological polar surface area (TPSA) is 81.4 Å². The summed E-state index contributed by atoms with van der Waals surface area (Å²) in [6, 6.07) is 9.80. The van der Waals surface area contributed by atoms with Crippen LogP contribution in [0, 0.1) is 0 Å². The van der Waals surface area contributed by atoms with Gasteiger partial charge in [-0.2, -0.15) is 0 Å². The first-order chi connectivity index (χ1) is 11.8. The number of benzene rings is 1. The van der Waals surface area contributed by atoms with Crippen LogP contribution in [0.25, 0.3) is 0 Å². The summed E-state index contributed by atoms with van der Waals surface area (Å²) in [5, 5.41) is 15.2. The summed E-state index contributed by atoms with van der Waals surface area (Å²) in [5.74, 6) is 1.61. The summed E-state index contributed by atoms with van der Waals surface area (Å²) < 4.78 is 2.10. The third-order valence-electron chi connectivity index (χ3n) is 4.45. The van der Waals surface area contributed by atoms with Crippen molar-refractivity contribution < 1.29 is 9.63 Å². The molecule has 1 aromatic heterocycles. The minimum atomic E-state index is -0.207. The maximum absolute atomic E-state index is 12.3.